The van der Waals surface area contributed by atoms with Crippen LogP contribution in [0.2, 0.25) is 0 Å². The van der Waals surface area contributed by atoms with E-state index >= 15 is 0 Å². The summed E-state index contributed by atoms with van der Waals surface area (Å²) in [6, 6.07) is 9.33. The van der Waals surface area contributed by atoms with E-state index in [-0.39, 0.29) is 16.5 Å². The van der Waals surface area contributed by atoms with E-state index in [1.165, 1.54) is 6.07 Å². The normalized spacial score (nSPS) is 11.4. The summed E-state index contributed by atoms with van der Waals surface area (Å²) in [6.07, 6.45) is -4.81. The van der Waals surface area contributed by atoms with Gasteiger partial charge in [-0.1, -0.05) is 0 Å². The van der Waals surface area contributed by atoms with Crippen molar-refractivity contribution in [3.05, 3.63) is 63.0 Å². The van der Waals surface area contributed by atoms with Crippen LogP contribution in [0.25, 0.3) is 10.6 Å². The van der Waals surface area contributed by atoms with Crippen LogP contribution in [0.3, 0.4) is 0 Å². The predicted octanol–water partition coefficient (Wildman–Crippen LogP) is 5.22. The van der Waals surface area contributed by atoms with Gasteiger partial charge in [-0.15, -0.1) is 0 Å². The van der Waals surface area contributed by atoms with Crippen molar-refractivity contribution >= 4 is 46.0 Å². The number of alkyl halides is 3. The molecule has 0 unspecified atom stereocenters. The van der Waals surface area contributed by atoms with E-state index < -0.39 is 23.5 Å². The lowest BCUT2D eigenvalue weighted by Crippen LogP contribution is -2.12. The lowest BCUT2D eigenvalue weighted by Gasteiger charge is -2.08. The van der Waals surface area contributed by atoms with Gasteiger partial charge in [0, 0.05) is 14.7 Å². The lowest BCUT2D eigenvalue weighted by atomic mass is 10.1. The van der Waals surface area contributed by atoms with Gasteiger partial charge in [-0.3, -0.25) is 10.1 Å². The van der Waals surface area contributed by atoms with Crippen molar-refractivity contribution in [2.45, 2.75) is 6.18 Å². The van der Waals surface area contributed by atoms with Crippen LogP contribution in [0.4, 0.5) is 23.5 Å². The number of nitrogens with zero attached hydrogens (tertiary/aromatic N) is 2. The zero-order valence-corrected chi connectivity index (χ0v) is 15.6. The number of carbonyl (C=O) groups is 1. The average molecular weight is 493 g/mol. The number of aromatic nitrogens is 2. The Morgan fingerprint density at radius 2 is 1.81 bits per heavy atom. The number of rotatable bonds is 3. The van der Waals surface area contributed by atoms with Gasteiger partial charge in [0.1, 0.15) is 10.8 Å². The van der Waals surface area contributed by atoms with Crippen LogP contribution in [0.1, 0.15) is 15.9 Å². The van der Waals surface area contributed by atoms with E-state index in [0.29, 0.717) is 11.6 Å². The summed E-state index contributed by atoms with van der Waals surface area (Å²) in [7, 11) is 0. The van der Waals surface area contributed by atoms with Crippen molar-refractivity contribution in [3.8, 4) is 10.6 Å². The summed E-state index contributed by atoms with van der Waals surface area (Å²) >= 11 is 2.90. The second-order valence-electron chi connectivity index (χ2n) is 5.08. The number of carbonyl (C=O) groups excluding carboxylic acids is 1. The Labute approximate surface area is 162 Å². The van der Waals surface area contributed by atoms with E-state index in [1.54, 1.807) is 24.3 Å². The SMILES string of the molecule is O=C(Nc1nsc(-c2ccc(F)c(C(F)(F)F)c2)n1)c1ccc(I)cc1. The highest BCUT2D eigenvalue weighted by molar-refractivity contribution is 14.1. The van der Waals surface area contributed by atoms with Crippen molar-refractivity contribution < 1.29 is 22.4 Å². The maximum absolute atomic E-state index is 13.4. The van der Waals surface area contributed by atoms with E-state index in [4.69, 9.17) is 0 Å². The first-order valence-corrected chi connectivity index (χ1v) is 8.87. The third kappa shape index (κ3) is 4.18. The topological polar surface area (TPSA) is 54.9 Å². The first-order chi connectivity index (χ1) is 12.2. The molecule has 3 rings (SSSR count). The van der Waals surface area contributed by atoms with Gasteiger partial charge >= 0.3 is 6.18 Å². The molecule has 0 aliphatic rings. The molecule has 2 aromatic carbocycles. The number of hydrogen-bond acceptors (Lipinski definition) is 4. The Hall–Kier alpha value is -2.08. The molecular formula is C16H8F4IN3OS. The molecule has 1 N–H and O–H groups in total. The van der Waals surface area contributed by atoms with Crippen LogP contribution in [-0.4, -0.2) is 15.3 Å². The number of amides is 1. The van der Waals surface area contributed by atoms with Gasteiger partial charge in [0.25, 0.3) is 5.91 Å². The summed E-state index contributed by atoms with van der Waals surface area (Å²) in [5, 5.41) is 2.61. The van der Waals surface area contributed by atoms with Gasteiger partial charge < -0.3 is 0 Å². The molecule has 0 saturated carbocycles. The molecular weight excluding hydrogens is 485 g/mol. The molecule has 1 aromatic heterocycles. The number of nitrogens with one attached hydrogen (secondary N) is 1. The van der Waals surface area contributed by atoms with Gasteiger partial charge in [-0.2, -0.15) is 22.5 Å². The van der Waals surface area contributed by atoms with Crippen LogP contribution in [0.5, 0.6) is 0 Å². The van der Waals surface area contributed by atoms with Crippen LogP contribution in [0.15, 0.2) is 42.5 Å². The predicted molar refractivity (Wildman–Crippen MR) is 97.4 cm³/mol. The van der Waals surface area contributed by atoms with Crippen molar-refractivity contribution in [1.29, 1.82) is 0 Å². The summed E-state index contributed by atoms with van der Waals surface area (Å²) in [5.74, 6) is -1.84. The molecule has 3 aromatic rings. The second-order valence-corrected chi connectivity index (χ2v) is 7.07. The first kappa shape index (κ1) is 18.7. The third-order valence-electron chi connectivity index (χ3n) is 3.28. The molecule has 0 aliphatic heterocycles. The van der Waals surface area contributed by atoms with Crippen LogP contribution >= 0.6 is 34.1 Å². The van der Waals surface area contributed by atoms with Crippen molar-refractivity contribution in [1.82, 2.24) is 9.36 Å². The molecule has 134 valence electrons. The Morgan fingerprint density at radius 1 is 1.12 bits per heavy atom. The molecule has 0 bridgehead atoms. The summed E-state index contributed by atoms with van der Waals surface area (Å²) < 4.78 is 56.7. The number of benzene rings is 2. The fourth-order valence-electron chi connectivity index (χ4n) is 2.04. The number of hydrogen-bond donors (Lipinski definition) is 1. The Kier molecular flexibility index (Phi) is 5.23. The van der Waals surface area contributed by atoms with Crippen LogP contribution in [0, 0.1) is 9.39 Å². The average Bonchev–Trinajstić information content (AvgIpc) is 3.03. The number of anilines is 1. The molecule has 26 heavy (non-hydrogen) atoms. The van der Waals surface area contributed by atoms with Gasteiger partial charge in [0.2, 0.25) is 5.95 Å². The third-order valence-corrected chi connectivity index (χ3v) is 4.76. The molecule has 0 spiro atoms. The fraction of sp³-hybridized carbons (Fsp3) is 0.0625. The molecule has 0 fully saturated rings. The standard InChI is InChI=1S/C16H8F4IN3OS/c17-12-6-3-9(7-11(12)16(18,19)20)14-23-15(24-26-14)22-13(25)8-1-4-10(21)5-2-8/h1-7H,(H,22,24,25). The summed E-state index contributed by atoms with van der Waals surface area (Å²) in [4.78, 5) is 16.1. The Bertz CT molecular complexity index is 957. The van der Waals surface area contributed by atoms with Crippen LogP contribution in [-0.2, 0) is 6.18 Å². The molecule has 0 atom stereocenters. The van der Waals surface area contributed by atoms with Crippen LogP contribution < -0.4 is 5.32 Å². The van der Waals surface area contributed by atoms with Crippen molar-refractivity contribution in [2.24, 2.45) is 0 Å². The highest BCUT2D eigenvalue weighted by atomic mass is 127. The van der Waals surface area contributed by atoms with Gasteiger partial charge in [-0.05, 0) is 76.6 Å². The smallest absolute Gasteiger partial charge is 0.290 e. The number of halogens is 5. The molecule has 0 saturated heterocycles. The monoisotopic (exact) mass is 493 g/mol. The molecule has 1 heterocycles. The highest BCUT2D eigenvalue weighted by Gasteiger charge is 2.34. The molecule has 4 nitrogen and oxygen atoms in total. The van der Waals surface area contributed by atoms with Crippen molar-refractivity contribution in [3.63, 3.8) is 0 Å². The Balaban J connectivity index is 1.82. The largest absolute Gasteiger partial charge is 0.419 e. The quantitative estimate of drug-likeness (QED) is 0.402. The van der Waals surface area contributed by atoms with Gasteiger partial charge in [0.15, 0.2) is 0 Å². The summed E-state index contributed by atoms with van der Waals surface area (Å²) in [5.41, 5.74) is -0.927. The maximum Gasteiger partial charge on any atom is 0.419 e. The second kappa shape index (κ2) is 7.27. The molecule has 0 aliphatic carbocycles. The van der Waals surface area contributed by atoms with E-state index in [2.05, 4.69) is 37.3 Å². The Morgan fingerprint density at radius 3 is 2.46 bits per heavy atom. The zero-order chi connectivity index (χ0) is 18.9. The van der Waals surface area contributed by atoms with E-state index in [9.17, 15) is 22.4 Å². The van der Waals surface area contributed by atoms with Gasteiger partial charge in [0.05, 0.1) is 5.56 Å². The lowest BCUT2D eigenvalue weighted by molar-refractivity contribution is -0.139. The minimum Gasteiger partial charge on any atom is -0.290 e. The van der Waals surface area contributed by atoms with E-state index in [0.717, 1.165) is 21.2 Å². The first-order valence-electron chi connectivity index (χ1n) is 7.02. The minimum atomic E-state index is -4.81. The minimum absolute atomic E-state index is 0.0357. The van der Waals surface area contributed by atoms with Gasteiger partial charge in [-0.25, -0.2) is 4.39 Å². The highest BCUT2D eigenvalue weighted by Crippen LogP contribution is 2.34. The maximum atomic E-state index is 13.4. The molecule has 10 heteroatoms. The van der Waals surface area contributed by atoms with Crippen molar-refractivity contribution in [2.75, 3.05) is 5.32 Å². The molecule has 1 amide bonds. The fourth-order valence-corrected chi connectivity index (χ4v) is 3.02. The zero-order valence-electron chi connectivity index (χ0n) is 12.6. The molecule has 0 radical (unpaired) electrons. The summed E-state index contributed by atoms with van der Waals surface area (Å²) in [6.45, 7) is 0. The van der Waals surface area contributed by atoms with E-state index in [1.807, 2.05) is 0 Å².